The van der Waals surface area contributed by atoms with E-state index in [9.17, 15) is 9.59 Å². The van der Waals surface area contributed by atoms with Gasteiger partial charge >= 0.3 is 0 Å². The lowest BCUT2D eigenvalue weighted by molar-refractivity contribution is -0.152. The minimum Gasteiger partial charge on any atom is -0.328 e. The SMILES string of the molecule is C[C@]12CCC(NOCCN)=CC1CC(=O)[C@@H]1[C@@H]2CC[C@]2(C)C(=O)CC[C@@H]12. The van der Waals surface area contributed by atoms with E-state index in [2.05, 4.69) is 25.4 Å². The predicted octanol–water partition coefficient (Wildman–Crippen LogP) is 2.75. The Morgan fingerprint density at radius 3 is 2.77 bits per heavy atom. The van der Waals surface area contributed by atoms with Crippen LogP contribution in [0.4, 0.5) is 0 Å². The van der Waals surface area contributed by atoms with Crippen molar-refractivity contribution in [3.8, 4) is 0 Å². The van der Waals surface area contributed by atoms with E-state index in [1.165, 1.54) is 0 Å². The number of nitrogens with one attached hydrogen (secondary N) is 1. The molecular weight excluding hydrogens is 328 g/mol. The Balaban J connectivity index is 1.58. The Hall–Kier alpha value is -1.20. The van der Waals surface area contributed by atoms with Crippen LogP contribution in [0, 0.1) is 34.5 Å². The molecule has 0 saturated heterocycles. The lowest BCUT2D eigenvalue weighted by Crippen LogP contribution is -2.56. The third kappa shape index (κ3) is 2.58. The van der Waals surface area contributed by atoms with Crippen LogP contribution >= 0.6 is 0 Å². The van der Waals surface area contributed by atoms with E-state index in [-0.39, 0.29) is 28.6 Å². The lowest BCUT2D eigenvalue weighted by Gasteiger charge is -2.57. The summed E-state index contributed by atoms with van der Waals surface area (Å²) in [5.41, 5.74) is 9.51. The third-order valence-electron chi connectivity index (χ3n) is 8.22. The van der Waals surface area contributed by atoms with Gasteiger partial charge in [-0.3, -0.25) is 19.9 Å². The molecule has 0 amide bonds. The number of allylic oxidation sites excluding steroid dienone is 2. The highest BCUT2D eigenvalue weighted by Gasteiger charge is 2.62. The van der Waals surface area contributed by atoms with E-state index < -0.39 is 0 Å². The van der Waals surface area contributed by atoms with E-state index >= 15 is 0 Å². The van der Waals surface area contributed by atoms with Crippen molar-refractivity contribution >= 4 is 11.6 Å². The van der Waals surface area contributed by atoms with Crippen LogP contribution in [0.1, 0.15) is 58.8 Å². The fourth-order valence-electron chi connectivity index (χ4n) is 6.60. The van der Waals surface area contributed by atoms with E-state index in [0.717, 1.165) is 37.8 Å². The Morgan fingerprint density at radius 1 is 1.19 bits per heavy atom. The molecule has 0 aromatic carbocycles. The highest BCUT2D eigenvalue weighted by Crippen LogP contribution is 2.64. The Kier molecular flexibility index (Phi) is 4.51. The number of fused-ring (bicyclic) bond motifs is 5. The number of Topliss-reactive ketones (excluding diaryl/α,β-unsaturated/α-hetero) is 2. The van der Waals surface area contributed by atoms with Crippen molar-refractivity contribution < 1.29 is 14.4 Å². The van der Waals surface area contributed by atoms with Gasteiger partial charge < -0.3 is 5.73 Å². The number of carbonyl (C=O) groups is 2. The van der Waals surface area contributed by atoms with Gasteiger partial charge in [0.05, 0.1) is 6.61 Å². The molecule has 0 radical (unpaired) electrons. The first-order chi connectivity index (χ1) is 12.4. The van der Waals surface area contributed by atoms with Gasteiger partial charge in [0.15, 0.2) is 0 Å². The molecule has 0 aromatic heterocycles. The topological polar surface area (TPSA) is 81.4 Å². The number of hydroxylamine groups is 1. The lowest BCUT2D eigenvalue weighted by atomic mass is 9.45. The van der Waals surface area contributed by atoms with Gasteiger partial charge in [-0.05, 0) is 55.3 Å². The molecule has 5 heteroatoms. The van der Waals surface area contributed by atoms with Gasteiger partial charge in [-0.15, -0.1) is 0 Å². The molecule has 3 N–H and O–H groups in total. The molecule has 6 atom stereocenters. The second-order valence-corrected chi connectivity index (χ2v) is 9.37. The summed E-state index contributed by atoms with van der Waals surface area (Å²) in [6.07, 6.45) is 8.44. The smallest absolute Gasteiger partial charge is 0.139 e. The Labute approximate surface area is 156 Å². The maximum absolute atomic E-state index is 13.2. The van der Waals surface area contributed by atoms with Gasteiger partial charge in [-0.25, -0.2) is 0 Å². The van der Waals surface area contributed by atoms with Crippen LogP contribution in [0.2, 0.25) is 0 Å². The third-order valence-corrected chi connectivity index (χ3v) is 8.22. The number of hydrogen-bond acceptors (Lipinski definition) is 5. The zero-order valence-corrected chi connectivity index (χ0v) is 16.1. The monoisotopic (exact) mass is 360 g/mol. The maximum atomic E-state index is 13.2. The standard InChI is InChI=1S/C21H32N2O3/c1-20-7-5-14(23-26-10-9-22)11-13(20)12-17(24)19-15-3-4-18(25)21(15,2)8-6-16(19)20/h11,13,15-16,19,23H,3-10,12,22H2,1-2H3/t13?,15-,16-,19-,20-,21-/m0/s1. The van der Waals surface area contributed by atoms with Crippen LogP contribution in [0.5, 0.6) is 0 Å². The molecule has 0 bridgehead atoms. The van der Waals surface area contributed by atoms with Gasteiger partial charge in [-0.1, -0.05) is 19.9 Å². The molecule has 144 valence electrons. The summed E-state index contributed by atoms with van der Waals surface area (Å²) in [7, 11) is 0. The van der Waals surface area contributed by atoms with Gasteiger partial charge in [-0.2, -0.15) is 0 Å². The average molecular weight is 360 g/mol. The summed E-state index contributed by atoms with van der Waals surface area (Å²) in [5, 5.41) is 0. The number of rotatable bonds is 4. The molecule has 0 heterocycles. The zero-order chi connectivity index (χ0) is 18.5. The first-order valence-corrected chi connectivity index (χ1v) is 10.2. The van der Waals surface area contributed by atoms with Gasteiger partial charge in [0.2, 0.25) is 0 Å². The summed E-state index contributed by atoms with van der Waals surface area (Å²) in [6, 6.07) is 0. The van der Waals surface area contributed by atoms with Crippen LogP contribution in [-0.2, 0) is 14.4 Å². The highest BCUT2D eigenvalue weighted by atomic mass is 16.6. The van der Waals surface area contributed by atoms with E-state index in [0.29, 0.717) is 43.5 Å². The highest BCUT2D eigenvalue weighted by molar-refractivity contribution is 5.90. The van der Waals surface area contributed by atoms with Crippen molar-refractivity contribution in [2.45, 2.75) is 58.8 Å². The van der Waals surface area contributed by atoms with E-state index in [1.807, 2.05) is 0 Å². The molecule has 5 nitrogen and oxygen atoms in total. The molecule has 26 heavy (non-hydrogen) atoms. The van der Waals surface area contributed by atoms with Crippen molar-refractivity contribution in [2.75, 3.05) is 13.2 Å². The first-order valence-electron chi connectivity index (χ1n) is 10.2. The van der Waals surface area contributed by atoms with Crippen LogP contribution in [-0.4, -0.2) is 24.7 Å². The molecular formula is C21H32N2O3. The quantitative estimate of drug-likeness (QED) is 0.595. The van der Waals surface area contributed by atoms with Crippen molar-refractivity contribution in [1.29, 1.82) is 0 Å². The fourth-order valence-corrected chi connectivity index (χ4v) is 6.60. The minimum absolute atomic E-state index is 0.0952. The van der Waals surface area contributed by atoms with Gasteiger partial charge in [0.25, 0.3) is 0 Å². The summed E-state index contributed by atoms with van der Waals surface area (Å²) >= 11 is 0. The average Bonchev–Trinajstić information content (AvgIpc) is 2.92. The largest absolute Gasteiger partial charge is 0.328 e. The molecule has 4 aliphatic rings. The van der Waals surface area contributed by atoms with Gasteiger partial charge in [0.1, 0.15) is 11.6 Å². The minimum atomic E-state index is -0.243. The van der Waals surface area contributed by atoms with E-state index in [4.69, 9.17) is 10.6 Å². The maximum Gasteiger partial charge on any atom is 0.139 e. The zero-order valence-electron chi connectivity index (χ0n) is 16.1. The van der Waals surface area contributed by atoms with Crippen molar-refractivity contribution in [2.24, 2.45) is 40.2 Å². The second-order valence-electron chi connectivity index (χ2n) is 9.37. The van der Waals surface area contributed by atoms with Crippen LogP contribution in [0.15, 0.2) is 11.8 Å². The van der Waals surface area contributed by atoms with Crippen LogP contribution in [0.3, 0.4) is 0 Å². The molecule has 4 aliphatic carbocycles. The van der Waals surface area contributed by atoms with Crippen molar-refractivity contribution in [3.05, 3.63) is 11.8 Å². The fraction of sp³-hybridized carbons (Fsp3) is 0.810. The molecule has 0 spiro atoms. The molecule has 0 aromatic rings. The van der Waals surface area contributed by atoms with Crippen LogP contribution in [0.25, 0.3) is 0 Å². The van der Waals surface area contributed by atoms with Crippen molar-refractivity contribution in [1.82, 2.24) is 5.48 Å². The molecule has 4 rings (SSSR count). The summed E-state index contributed by atoms with van der Waals surface area (Å²) in [4.78, 5) is 31.1. The van der Waals surface area contributed by atoms with E-state index in [1.54, 1.807) is 0 Å². The predicted molar refractivity (Wildman–Crippen MR) is 98.7 cm³/mol. The summed E-state index contributed by atoms with van der Waals surface area (Å²) in [5.74, 6) is 1.85. The number of ketones is 2. The number of hydrogen-bond donors (Lipinski definition) is 2. The Morgan fingerprint density at radius 2 is 2.00 bits per heavy atom. The first kappa shape index (κ1) is 18.2. The number of carbonyl (C=O) groups excluding carboxylic acids is 2. The van der Waals surface area contributed by atoms with Crippen LogP contribution < -0.4 is 11.2 Å². The van der Waals surface area contributed by atoms with Crippen molar-refractivity contribution in [3.63, 3.8) is 0 Å². The molecule has 3 fully saturated rings. The summed E-state index contributed by atoms with van der Waals surface area (Å²) < 4.78 is 0. The Bertz CT molecular complexity index is 645. The second kappa shape index (κ2) is 6.45. The number of nitrogens with two attached hydrogens (primary N) is 1. The molecule has 3 saturated carbocycles. The normalized spacial score (nSPS) is 44.8. The van der Waals surface area contributed by atoms with Gasteiger partial charge in [0, 0.05) is 36.4 Å². The molecule has 0 aliphatic heterocycles. The summed E-state index contributed by atoms with van der Waals surface area (Å²) in [6.45, 7) is 5.48. The molecule has 1 unspecified atom stereocenters.